The lowest BCUT2D eigenvalue weighted by Gasteiger charge is -2.26. The summed E-state index contributed by atoms with van der Waals surface area (Å²) in [6, 6.07) is 5.87. The second-order valence-electron chi connectivity index (χ2n) is 5.46. The smallest absolute Gasteiger partial charge is 0.251 e. The first kappa shape index (κ1) is 14.1. The van der Waals surface area contributed by atoms with E-state index in [0.717, 1.165) is 18.7 Å². The molecule has 0 atom stereocenters. The van der Waals surface area contributed by atoms with Gasteiger partial charge in [-0.3, -0.25) is 4.79 Å². The topological polar surface area (TPSA) is 32.3 Å². The largest absolute Gasteiger partial charge is 0.351 e. The molecule has 0 saturated carbocycles. The molecule has 19 heavy (non-hydrogen) atoms. The zero-order valence-electron chi connectivity index (χ0n) is 12.0. The molecule has 1 amide bonds. The molecular formula is C16H24N2O. The first-order valence-electron chi connectivity index (χ1n) is 7.24. The number of carbonyl (C=O) groups is 1. The average Bonchev–Trinajstić information content (AvgIpc) is 2.43. The number of amides is 1. The van der Waals surface area contributed by atoms with Crippen LogP contribution >= 0.6 is 0 Å². The van der Waals surface area contributed by atoms with Crippen LogP contribution in [0, 0.1) is 13.8 Å². The molecule has 0 spiro atoms. The number of likely N-dealkylation sites (tertiary alicyclic amines) is 1. The Morgan fingerprint density at radius 3 is 2.58 bits per heavy atom. The molecule has 1 fully saturated rings. The summed E-state index contributed by atoms with van der Waals surface area (Å²) in [5, 5.41) is 3.01. The SMILES string of the molecule is Cc1ccc(C(=O)NCCN2CCCCC2)cc1C. The van der Waals surface area contributed by atoms with E-state index in [4.69, 9.17) is 0 Å². The predicted octanol–water partition coefficient (Wildman–Crippen LogP) is 2.52. The van der Waals surface area contributed by atoms with Gasteiger partial charge in [-0.2, -0.15) is 0 Å². The van der Waals surface area contributed by atoms with E-state index in [1.807, 2.05) is 25.1 Å². The first-order valence-corrected chi connectivity index (χ1v) is 7.24. The van der Waals surface area contributed by atoms with Crippen LogP contribution in [0.15, 0.2) is 18.2 Å². The second-order valence-corrected chi connectivity index (χ2v) is 5.46. The van der Waals surface area contributed by atoms with Crippen LogP contribution in [0.5, 0.6) is 0 Å². The highest BCUT2D eigenvalue weighted by Crippen LogP contribution is 2.10. The van der Waals surface area contributed by atoms with Crippen molar-refractivity contribution in [2.24, 2.45) is 0 Å². The van der Waals surface area contributed by atoms with Crippen LogP contribution in [-0.2, 0) is 0 Å². The Bertz CT molecular complexity index is 436. The normalized spacial score (nSPS) is 16.3. The van der Waals surface area contributed by atoms with Crippen molar-refractivity contribution in [2.75, 3.05) is 26.2 Å². The maximum Gasteiger partial charge on any atom is 0.251 e. The number of rotatable bonds is 4. The predicted molar refractivity (Wildman–Crippen MR) is 78.5 cm³/mol. The van der Waals surface area contributed by atoms with E-state index in [1.165, 1.54) is 43.5 Å². The zero-order chi connectivity index (χ0) is 13.7. The van der Waals surface area contributed by atoms with Crippen molar-refractivity contribution < 1.29 is 4.79 Å². The van der Waals surface area contributed by atoms with Gasteiger partial charge in [0.15, 0.2) is 0 Å². The summed E-state index contributed by atoms with van der Waals surface area (Å²) >= 11 is 0. The molecule has 104 valence electrons. The molecule has 2 rings (SSSR count). The van der Waals surface area contributed by atoms with Gasteiger partial charge < -0.3 is 10.2 Å². The van der Waals surface area contributed by atoms with E-state index in [1.54, 1.807) is 0 Å². The molecule has 3 heteroatoms. The maximum atomic E-state index is 12.0. The van der Waals surface area contributed by atoms with Crippen LogP contribution in [-0.4, -0.2) is 37.0 Å². The number of hydrogen-bond donors (Lipinski definition) is 1. The fourth-order valence-corrected chi connectivity index (χ4v) is 2.50. The number of carbonyl (C=O) groups excluding carboxylic acids is 1. The first-order chi connectivity index (χ1) is 9.16. The lowest BCUT2D eigenvalue weighted by molar-refractivity contribution is 0.0946. The van der Waals surface area contributed by atoms with Crippen molar-refractivity contribution in [2.45, 2.75) is 33.1 Å². The summed E-state index contributed by atoms with van der Waals surface area (Å²) in [4.78, 5) is 14.5. The molecule has 0 bridgehead atoms. The highest BCUT2D eigenvalue weighted by atomic mass is 16.1. The summed E-state index contributed by atoms with van der Waals surface area (Å²) < 4.78 is 0. The lowest BCUT2D eigenvalue weighted by atomic mass is 10.1. The van der Waals surface area contributed by atoms with Crippen LogP contribution < -0.4 is 5.32 Å². The monoisotopic (exact) mass is 260 g/mol. The van der Waals surface area contributed by atoms with E-state index >= 15 is 0 Å². The van der Waals surface area contributed by atoms with Gasteiger partial charge >= 0.3 is 0 Å². The fourth-order valence-electron chi connectivity index (χ4n) is 2.50. The summed E-state index contributed by atoms with van der Waals surface area (Å²) in [6.07, 6.45) is 3.95. The van der Waals surface area contributed by atoms with Gasteiger partial charge in [0.25, 0.3) is 5.91 Å². The number of benzene rings is 1. The van der Waals surface area contributed by atoms with E-state index in [-0.39, 0.29) is 5.91 Å². The third-order valence-corrected chi connectivity index (χ3v) is 3.93. The Kier molecular flexibility index (Phi) is 4.97. The minimum absolute atomic E-state index is 0.0418. The third kappa shape index (κ3) is 4.06. The standard InChI is InChI=1S/C16H24N2O/c1-13-6-7-15(12-14(13)2)16(19)17-8-11-18-9-4-3-5-10-18/h6-7,12H,3-5,8-11H2,1-2H3,(H,17,19). The van der Waals surface area contributed by atoms with Gasteiger partial charge in [0, 0.05) is 18.7 Å². The molecule has 0 unspecified atom stereocenters. The van der Waals surface area contributed by atoms with Crippen molar-refractivity contribution in [3.8, 4) is 0 Å². The van der Waals surface area contributed by atoms with Gasteiger partial charge in [-0.05, 0) is 63.0 Å². The van der Waals surface area contributed by atoms with E-state index in [2.05, 4.69) is 17.1 Å². The molecule has 0 aromatic heterocycles. The number of hydrogen-bond acceptors (Lipinski definition) is 2. The Balaban J connectivity index is 1.78. The van der Waals surface area contributed by atoms with Crippen molar-refractivity contribution in [3.63, 3.8) is 0 Å². The molecule has 1 N–H and O–H groups in total. The van der Waals surface area contributed by atoms with Crippen molar-refractivity contribution >= 4 is 5.91 Å². The van der Waals surface area contributed by atoms with Crippen molar-refractivity contribution in [3.05, 3.63) is 34.9 Å². The average molecular weight is 260 g/mol. The van der Waals surface area contributed by atoms with Gasteiger partial charge in [0.1, 0.15) is 0 Å². The van der Waals surface area contributed by atoms with E-state index in [0.29, 0.717) is 0 Å². The fraction of sp³-hybridized carbons (Fsp3) is 0.562. The molecule has 0 radical (unpaired) electrons. The van der Waals surface area contributed by atoms with Crippen LogP contribution in [0.2, 0.25) is 0 Å². The van der Waals surface area contributed by atoms with Crippen molar-refractivity contribution in [1.29, 1.82) is 0 Å². The number of nitrogens with one attached hydrogen (secondary N) is 1. The van der Waals surface area contributed by atoms with E-state index in [9.17, 15) is 4.79 Å². The highest BCUT2D eigenvalue weighted by Gasteiger charge is 2.10. The van der Waals surface area contributed by atoms with Gasteiger partial charge in [-0.25, -0.2) is 0 Å². The molecule has 3 nitrogen and oxygen atoms in total. The molecule has 1 aromatic rings. The second kappa shape index (κ2) is 6.71. The van der Waals surface area contributed by atoms with Crippen molar-refractivity contribution in [1.82, 2.24) is 10.2 Å². The lowest BCUT2D eigenvalue weighted by Crippen LogP contribution is -2.37. The number of piperidine rings is 1. The minimum atomic E-state index is 0.0418. The van der Waals surface area contributed by atoms with E-state index < -0.39 is 0 Å². The highest BCUT2D eigenvalue weighted by molar-refractivity contribution is 5.94. The summed E-state index contributed by atoms with van der Waals surface area (Å²) in [6.45, 7) is 8.18. The molecule has 0 aliphatic carbocycles. The Hall–Kier alpha value is -1.35. The molecule has 1 heterocycles. The summed E-state index contributed by atoms with van der Waals surface area (Å²) in [5.41, 5.74) is 3.16. The zero-order valence-corrected chi connectivity index (χ0v) is 12.0. The molecule has 1 aromatic carbocycles. The number of nitrogens with zero attached hydrogens (tertiary/aromatic N) is 1. The van der Waals surface area contributed by atoms with Gasteiger partial charge in [0.05, 0.1) is 0 Å². The molecule has 1 aliphatic heterocycles. The van der Waals surface area contributed by atoms with Gasteiger partial charge in [0.2, 0.25) is 0 Å². The van der Waals surface area contributed by atoms with Crippen LogP contribution in [0.3, 0.4) is 0 Å². The Morgan fingerprint density at radius 2 is 1.89 bits per heavy atom. The van der Waals surface area contributed by atoms with Gasteiger partial charge in [-0.1, -0.05) is 12.5 Å². The third-order valence-electron chi connectivity index (χ3n) is 3.93. The van der Waals surface area contributed by atoms with Crippen LogP contribution in [0.1, 0.15) is 40.7 Å². The van der Waals surface area contributed by atoms with Gasteiger partial charge in [-0.15, -0.1) is 0 Å². The van der Waals surface area contributed by atoms with Crippen LogP contribution in [0.25, 0.3) is 0 Å². The van der Waals surface area contributed by atoms with Crippen LogP contribution in [0.4, 0.5) is 0 Å². The summed E-state index contributed by atoms with van der Waals surface area (Å²) in [7, 11) is 0. The Labute approximate surface area is 116 Å². The number of aryl methyl sites for hydroxylation is 2. The molecule has 1 aliphatic rings. The molecule has 1 saturated heterocycles. The maximum absolute atomic E-state index is 12.0. The molecular weight excluding hydrogens is 236 g/mol. The quantitative estimate of drug-likeness (QED) is 0.902. The minimum Gasteiger partial charge on any atom is -0.351 e. The Morgan fingerprint density at radius 1 is 1.16 bits per heavy atom. The summed E-state index contributed by atoms with van der Waals surface area (Å²) in [5.74, 6) is 0.0418.